The maximum absolute atomic E-state index is 5.37. The second-order valence-electron chi connectivity index (χ2n) is 2.67. The highest BCUT2D eigenvalue weighted by Crippen LogP contribution is 1.95. The zero-order valence-corrected chi connectivity index (χ0v) is 8.17. The van der Waals surface area contributed by atoms with Crippen molar-refractivity contribution in [1.82, 2.24) is 10.3 Å². The van der Waals surface area contributed by atoms with Crippen molar-refractivity contribution in [3.05, 3.63) is 41.7 Å². The number of aromatic nitrogens is 1. The van der Waals surface area contributed by atoms with Gasteiger partial charge in [-0.15, -0.1) is 0 Å². The molecule has 1 heterocycles. The Morgan fingerprint density at radius 1 is 1.38 bits per heavy atom. The highest BCUT2D eigenvalue weighted by atomic mass is 35.5. The van der Waals surface area contributed by atoms with Crippen molar-refractivity contribution in [2.24, 2.45) is 0 Å². The zero-order valence-electron chi connectivity index (χ0n) is 7.41. The van der Waals surface area contributed by atoms with Gasteiger partial charge in [0.2, 0.25) is 0 Å². The lowest BCUT2D eigenvalue weighted by Crippen LogP contribution is -2.16. The molecule has 2 nitrogen and oxygen atoms in total. The van der Waals surface area contributed by atoms with E-state index in [9.17, 15) is 0 Å². The fourth-order valence-corrected chi connectivity index (χ4v) is 1.10. The minimum atomic E-state index is 0.828. The molecule has 0 radical (unpaired) electrons. The largest absolute Gasteiger partial charge is 0.313 e. The molecule has 0 spiro atoms. The summed E-state index contributed by atoms with van der Waals surface area (Å²) in [4.78, 5) is 3.95. The van der Waals surface area contributed by atoms with Gasteiger partial charge < -0.3 is 5.32 Å². The molecule has 0 fully saturated rings. The molecule has 0 saturated carbocycles. The van der Waals surface area contributed by atoms with Crippen LogP contribution in [0.3, 0.4) is 0 Å². The lowest BCUT2D eigenvalue weighted by atomic mass is 10.2. The van der Waals surface area contributed by atoms with E-state index >= 15 is 0 Å². The van der Waals surface area contributed by atoms with E-state index in [1.807, 2.05) is 30.6 Å². The number of nitrogens with zero attached hydrogens (tertiary/aromatic N) is 1. The molecule has 0 aromatic carbocycles. The summed E-state index contributed by atoms with van der Waals surface area (Å²) in [6.07, 6.45) is 6.54. The van der Waals surface area contributed by atoms with Crippen LogP contribution < -0.4 is 5.32 Å². The van der Waals surface area contributed by atoms with Crippen LogP contribution in [0.2, 0.25) is 0 Å². The zero-order chi connectivity index (χ0) is 9.36. The molecule has 0 unspecified atom stereocenters. The van der Waals surface area contributed by atoms with Crippen molar-refractivity contribution in [3.63, 3.8) is 0 Å². The quantitative estimate of drug-likeness (QED) is 0.729. The highest BCUT2D eigenvalue weighted by Gasteiger charge is 1.89. The molecule has 70 valence electrons. The second kappa shape index (κ2) is 6.63. The number of pyridine rings is 1. The van der Waals surface area contributed by atoms with Gasteiger partial charge in [-0.3, -0.25) is 4.98 Å². The topological polar surface area (TPSA) is 24.9 Å². The highest BCUT2D eigenvalue weighted by molar-refractivity contribution is 6.25. The maximum atomic E-state index is 5.37. The molecule has 0 aliphatic carbocycles. The average Bonchev–Trinajstić information content (AvgIpc) is 2.19. The van der Waals surface area contributed by atoms with E-state index in [2.05, 4.69) is 10.3 Å². The number of hydrogen-bond donors (Lipinski definition) is 1. The van der Waals surface area contributed by atoms with E-state index in [-0.39, 0.29) is 0 Å². The molecule has 0 amide bonds. The van der Waals surface area contributed by atoms with Crippen molar-refractivity contribution in [2.45, 2.75) is 6.42 Å². The standard InChI is InChI=1S/C10H13ClN2/c11-5-1-6-12-7-2-10-3-8-13-9-4-10/h1,3-5,8-9,12H,2,6-7H2/b5-1+. The summed E-state index contributed by atoms with van der Waals surface area (Å²) in [6.45, 7) is 1.79. The summed E-state index contributed by atoms with van der Waals surface area (Å²) in [6, 6.07) is 4.05. The average molecular weight is 197 g/mol. The minimum absolute atomic E-state index is 0.828. The third-order valence-electron chi connectivity index (χ3n) is 1.69. The first kappa shape index (κ1) is 10.2. The third kappa shape index (κ3) is 4.65. The number of halogens is 1. The minimum Gasteiger partial charge on any atom is -0.313 e. The van der Waals surface area contributed by atoms with E-state index in [0.717, 1.165) is 19.5 Å². The smallest absolute Gasteiger partial charge is 0.0270 e. The number of nitrogens with one attached hydrogen (secondary N) is 1. The van der Waals surface area contributed by atoms with E-state index in [4.69, 9.17) is 11.6 Å². The van der Waals surface area contributed by atoms with Crippen LogP contribution in [0.1, 0.15) is 5.56 Å². The molecular formula is C10H13ClN2. The fourth-order valence-electron chi connectivity index (χ4n) is 1.01. The van der Waals surface area contributed by atoms with Crippen LogP contribution in [0.5, 0.6) is 0 Å². The van der Waals surface area contributed by atoms with E-state index in [1.54, 1.807) is 0 Å². The Morgan fingerprint density at radius 3 is 2.85 bits per heavy atom. The van der Waals surface area contributed by atoms with Crippen LogP contribution in [0.4, 0.5) is 0 Å². The Hall–Kier alpha value is -0.860. The fraction of sp³-hybridized carbons (Fsp3) is 0.300. The third-order valence-corrected chi connectivity index (χ3v) is 1.87. The summed E-state index contributed by atoms with van der Waals surface area (Å²) < 4.78 is 0. The first-order chi connectivity index (χ1) is 6.43. The Morgan fingerprint density at radius 2 is 2.15 bits per heavy atom. The Kier molecular flexibility index (Phi) is 5.22. The van der Waals surface area contributed by atoms with Crippen molar-refractivity contribution >= 4 is 11.6 Å². The first-order valence-corrected chi connectivity index (χ1v) is 4.72. The van der Waals surface area contributed by atoms with Gasteiger partial charge in [-0.25, -0.2) is 0 Å². The van der Waals surface area contributed by atoms with Gasteiger partial charge >= 0.3 is 0 Å². The van der Waals surface area contributed by atoms with Gasteiger partial charge in [0, 0.05) is 24.5 Å². The molecule has 0 aliphatic heterocycles. The summed E-state index contributed by atoms with van der Waals surface area (Å²) in [5.41, 5.74) is 2.83. The molecule has 1 aromatic heterocycles. The van der Waals surface area contributed by atoms with Crippen LogP contribution in [-0.2, 0) is 6.42 Å². The predicted molar refractivity (Wildman–Crippen MR) is 55.8 cm³/mol. The van der Waals surface area contributed by atoms with Crippen molar-refractivity contribution in [1.29, 1.82) is 0 Å². The molecular weight excluding hydrogens is 184 g/mol. The summed E-state index contributed by atoms with van der Waals surface area (Å²) >= 11 is 5.37. The first-order valence-electron chi connectivity index (χ1n) is 4.28. The Labute approximate surface area is 83.6 Å². The SMILES string of the molecule is Cl/C=C/CNCCc1ccncc1. The van der Waals surface area contributed by atoms with Crippen molar-refractivity contribution in [2.75, 3.05) is 13.1 Å². The van der Waals surface area contributed by atoms with E-state index < -0.39 is 0 Å². The van der Waals surface area contributed by atoms with Crippen LogP contribution in [0.25, 0.3) is 0 Å². The number of rotatable bonds is 5. The second-order valence-corrected chi connectivity index (χ2v) is 2.92. The molecule has 0 bridgehead atoms. The molecule has 13 heavy (non-hydrogen) atoms. The van der Waals surface area contributed by atoms with Crippen LogP contribution in [0.15, 0.2) is 36.1 Å². The molecule has 0 aliphatic rings. The van der Waals surface area contributed by atoms with Gasteiger partial charge in [0.05, 0.1) is 0 Å². The van der Waals surface area contributed by atoms with Gasteiger partial charge in [0.15, 0.2) is 0 Å². The molecule has 1 N–H and O–H groups in total. The Balaban J connectivity index is 2.13. The lowest BCUT2D eigenvalue weighted by molar-refractivity contribution is 0.744. The van der Waals surface area contributed by atoms with Gasteiger partial charge in [-0.05, 0) is 30.7 Å². The van der Waals surface area contributed by atoms with Gasteiger partial charge in [0.1, 0.15) is 0 Å². The summed E-state index contributed by atoms with van der Waals surface area (Å²) in [5, 5.41) is 3.24. The lowest BCUT2D eigenvalue weighted by Gasteiger charge is -2.00. The van der Waals surface area contributed by atoms with Gasteiger partial charge in [-0.2, -0.15) is 0 Å². The Bertz CT molecular complexity index is 246. The molecule has 0 saturated heterocycles. The van der Waals surface area contributed by atoms with E-state index in [1.165, 1.54) is 11.1 Å². The summed E-state index contributed by atoms with van der Waals surface area (Å²) in [7, 11) is 0. The maximum Gasteiger partial charge on any atom is 0.0270 e. The van der Waals surface area contributed by atoms with Gasteiger partial charge in [-0.1, -0.05) is 17.7 Å². The molecule has 3 heteroatoms. The molecule has 1 rings (SSSR count). The van der Waals surface area contributed by atoms with Crippen LogP contribution >= 0.6 is 11.6 Å². The number of hydrogen-bond acceptors (Lipinski definition) is 2. The predicted octanol–water partition coefficient (Wildman–Crippen LogP) is 1.97. The van der Waals surface area contributed by atoms with Crippen molar-refractivity contribution in [3.8, 4) is 0 Å². The normalized spacial score (nSPS) is 10.8. The monoisotopic (exact) mass is 196 g/mol. The van der Waals surface area contributed by atoms with E-state index in [0.29, 0.717) is 0 Å². The molecule has 0 atom stereocenters. The van der Waals surface area contributed by atoms with Crippen LogP contribution in [-0.4, -0.2) is 18.1 Å². The molecule has 1 aromatic rings. The van der Waals surface area contributed by atoms with Crippen LogP contribution in [0, 0.1) is 0 Å². The summed E-state index contributed by atoms with van der Waals surface area (Å²) in [5.74, 6) is 0. The van der Waals surface area contributed by atoms with Gasteiger partial charge in [0.25, 0.3) is 0 Å². The van der Waals surface area contributed by atoms with Crippen molar-refractivity contribution < 1.29 is 0 Å².